The van der Waals surface area contributed by atoms with Crippen molar-refractivity contribution in [2.45, 2.75) is 32.8 Å². The predicted molar refractivity (Wildman–Crippen MR) is 63.0 cm³/mol. The molecule has 0 amide bonds. The minimum Gasteiger partial charge on any atom is -0.387 e. The van der Waals surface area contributed by atoms with Crippen molar-refractivity contribution in [3.63, 3.8) is 0 Å². The molecule has 0 saturated carbocycles. The number of pyridine rings is 1. The maximum Gasteiger partial charge on any atom is 0.0931 e. The highest BCUT2D eigenvalue weighted by Gasteiger charge is 2.04. The molecule has 84 valence electrons. The van der Waals surface area contributed by atoms with Crippen LogP contribution < -0.4 is 4.90 Å². The molecule has 0 fully saturated rings. The third-order valence-corrected chi connectivity index (χ3v) is 2.49. The second-order valence-electron chi connectivity index (χ2n) is 3.89. The summed E-state index contributed by atoms with van der Waals surface area (Å²) in [5, 5.41) is 9.32. The Morgan fingerprint density at radius 1 is 1.47 bits per heavy atom. The number of aliphatic hydroxyl groups is 1. The summed E-state index contributed by atoms with van der Waals surface area (Å²) < 4.78 is 0. The number of hydrogen-bond acceptors (Lipinski definition) is 3. The van der Waals surface area contributed by atoms with Crippen LogP contribution in [-0.2, 0) is 0 Å². The van der Waals surface area contributed by atoms with E-state index in [9.17, 15) is 5.11 Å². The van der Waals surface area contributed by atoms with Crippen LogP contribution >= 0.6 is 0 Å². The Morgan fingerprint density at radius 3 is 2.67 bits per heavy atom. The van der Waals surface area contributed by atoms with Crippen molar-refractivity contribution in [1.29, 1.82) is 0 Å². The van der Waals surface area contributed by atoms with Crippen LogP contribution in [0.3, 0.4) is 0 Å². The molecule has 0 aliphatic heterocycles. The van der Waals surface area contributed by atoms with Crippen LogP contribution in [0, 0.1) is 0 Å². The quantitative estimate of drug-likeness (QED) is 0.807. The van der Waals surface area contributed by atoms with Crippen molar-refractivity contribution in [1.82, 2.24) is 4.98 Å². The van der Waals surface area contributed by atoms with E-state index in [1.165, 1.54) is 12.8 Å². The molecule has 1 rings (SSSR count). The molecular formula is C12H20N2O. The van der Waals surface area contributed by atoms with Crippen LogP contribution in [0.5, 0.6) is 0 Å². The Morgan fingerprint density at radius 2 is 2.20 bits per heavy atom. The Labute approximate surface area is 91.8 Å². The lowest BCUT2D eigenvalue weighted by Gasteiger charge is -2.18. The molecule has 1 heterocycles. The maximum absolute atomic E-state index is 9.32. The summed E-state index contributed by atoms with van der Waals surface area (Å²) in [6, 6.07) is 3.88. The molecule has 0 spiro atoms. The maximum atomic E-state index is 9.32. The first-order chi connectivity index (χ1) is 7.15. The summed E-state index contributed by atoms with van der Waals surface area (Å²) >= 11 is 0. The first-order valence-electron chi connectivity index (χ1n) is 5.50. The van der Waals surface area contributed by atoms with Crippen molar-refractivity contribution in [3.8, 4) is 0 Å². The van der Waals surface area contributed by atoms with Crippen LogP contribution in [0.1, 0.15) is 38.5 Å². The minimum absolute atomic E-state index is 0.486. The fraction of sp³-hybridized carbons (Fsp3) is 0.583. The van der Waals surface area contributed by atoms with Gasteiger partial charge in [0.05, 0.1) is 23.7 Å². The fourth-order valence-electron chi connectivity index (χ4n) is 1.39. The molecule has 0 saturated heterocycles. The second-order valence-corrected chi connectivity index (χ2v) is 3.89. The molecule has 0 aliphatic rings. The van der Waals surface area contributed by atoms with E-state index >= 15 is 0 Å². The van der Waals surface area contributed by atoms with Gasteiger partial charge < -0.3 is 10.0 Å². The molecule has 15 heavy (non-hydrogen) atoms. The lowest BCUT2D eigenvalue weighted by Crippen LogP contribution is -2.18. The van der Waals surface area contributed by atoms with E-state index in [-0.39, 0.29) is 0 Å². The standard InChI is InChI=1S/C12H20N2O/c1-4-5-8-14(3)11-6-7-12(10(2)15)13-9-11/h6-7,9-10,15H,4-5,8H2,1-3H3/t10-/m0/s1. The van der Waals surface area contributed by atoms with Gasteiger partial charge in [0.2, 0.25) is 0 Å². The molecular weight excluding hydrogens is 188 g/mol. The average Bonchev–Trinajstić information content (AvgIpc) is 2.26. The number of hydrogen-bond donors (Lipinski definition) is 1. The van der Waals surface area contributed by atoms with E-state index in [1.807, 2.05) is 18.3 Å². The van der Waals surface area contributed by atoms with E-state index < -0.39 is 6.10 Å². The average molecular weight is 208 g/mol. The SMILES string of the molecule is CCCCN(C)c1ccc([C@H](C)O)nc1. The van der Waals surface area contributed by atoms with Crippen molar-refractivity contribution in [2.24, 2.45) is 0 Å². The fourth-order valence-corrected chi connectivity index (χ4v) is 1.39. The lowest BCUT2D eigenvalue weighted by atomic mass is 10.2. The van der Waals surface area contributed by atoms with E-state index in [1.54, 1.807) is 6.92 Å². The van der Waals surface area contributed by atoms with E-state index in [2.05, 4.69) is 23.9 Å². The highest BCUT2D eigenvalue weighted by molar-refractivity contribution is 5.43. The number of anilines is 1. The minimum atomic E-state index is -0.486. The summed E-state index contributed by atoms with van der Waals surface area (Å²) in [4.78, 5) is 6.40. The molecule has 1 aromatic heterocycles. The summed E-state index contributed by atoms with van der Waals surface area (Å²) in [5.41, 5.74) is 1.83. The van der Waals surface area contributed by atoms with Crippen LogP contribution in [-0.4, -0.2) is 23.7 Å². The molecule has 0 aliphatic carbocycles. The zero-order valence-electron chi connectivity index (χ0n) is 9.77. The summed E-state index contributed by atoms with van der Waals surface area (Å²) in [6.07, 6.45) is 3.72. The van der Waals surface area contributed by atoms with Gasteiger partial charge in [-0.05, 0) is 25.5 Å². The van der Waals surface area contributed by atoms with E-state index in [4.69, 9.17) is 0 Å². The first kappa shape index (κ1) is 12.0. The molecule has 1 N–H and O–H groups in total. The van der Waals surface area contributed by atoms with Crippen molar-refractivity contribution in [3.05, 3.63) is 24.0 Å². The topological polar surface area (TPSA) is 36.4 Å². The third kappa shape index (κ3) is 3.51. The molecule has 1 aromatic rings. The van der Waals surface area contributed by atoms with Crippen LogP contribution in [0.15, 0.2) is 18.3 Å². The van der Waals surface area contributed by atoms with Crippen LogP contribution in [0.2, 0.25) is 0 Å². The third-order valence-electron chi connectivity index (χ3n) is 2.49. The number of rotatable bonds is 5. The smallest absolute Gasteiger partial charge is 0.0931 e. The molecule has 0 unspecified atom stereocenters. The van der Waals surface area contributed by atoms with Crippen molar-refractivity contribution < 1.29 is 5.11 Å². The van der Waals surface area contributed by atoms with Gasteiger partial charge in [0, 0.05) is 13.6 Å². The van der Waals surface area contributed by atoms with Crippen LogP contribution in [0.25, 0.3) is 0 Å². The van der Waals surface area contributed by atoms with Gasteiger partial charge in [-0.1, -0.05) is 13.3 Å². The largest absolute Gasteiger partial charge is 0.387 e. The Bertz CT molecular complexity index is 282. The zero-order chi connectivity index (χ0) is 11.3. The highest BCUT2D eigenvalue weighted by Crippen LogP contribution is 2.15. The molecule has 3 heteroatoms. The van der Waals surface area contributed by atoms with Gasteiger partial charge in [-0.25, -0.2) is 0 Å². The predicted octanol–water partition coefficient (Wildman–Crippen LogP) is 2.37. The van der Waals surface area contributed by atoms with Gasteiger partial charge in [0.1, 0.15) is 0 Å². The zero-order valence-corrected chi connectivity index (χ0v) is 9.77. The van der Waals surface area contributed by atoms with E-state index in [0.29, 0.717) is 0 Å². The Hall–Kier alpha value is -1.09. The van der Waals surface area contributed by atoms with Gasteiger partial charge in [0.15, 0.2) is 0 Å². The lowest BCUT2D eigenvalue weighted by molar-refractivity contribution is 0.194. The van der Waals surface area contributed by atoms with Gasteiger partial charge in [0.25, 0.3) is 0 Å². The number of nitrogens with zero attached hydrogens (tertiary/aromatic N) is 2. The molecule has 1 atom stereocenters. The van der Waals surface area contributed by atoms with Gasteiger partial charge in [-0.15, -0.1) is 0 Å². The monoisotopic (exact) mass is 208 g/mol. The molecule has 0 radical (unpaired) electrons. The molecule has 3 nitrogen and oxygen atoms in total. The highest BCUT2D eigenvalue weighted by atomic mass is 16.3. The van der Waals surface area contributed by atoms with Gasteiger partial charge in [-0.2, -0.15) is 0 Å². The van der Waals surface area contributed by atoms with Crippen molar-refractivity contribution in [2.75, 3.05) is 18.5 Å². The second kappa shape index (κ2) is 5.71. The molecule has 0 aromatic carbocycles. The normalized spacial score (nSPS) is 12.5. The van der Waals surface area contributed by atoms with Crippen molar-refractivity contribution >= 4 is 5.69 Å². The Kier molecular flexibility index (Phi) is 4.56. The summed E-state index contributed by atoms with van der Waals surface area (Å²) in [6.45, 7) is 4.96. The van der Waals surface area contributed by atoms with E-state index in [0.717, 1.165) is 17.9 Å². The number of aromatic nitrogens is 1. The van der Waals surface area contributed by atoms with Gasteiger partial charge >= 0.3 is 0 Å². The summed E-state index contributed by atoms with van der Waals surface area (Å²) in [7, 11) is 2.06. The number of aliphatic hydroxyl groups excluding tert-OH is 1. The van der Waals surface area contributed by atoms with Gasteiger partial charge in [-0.3, -0.25) is 4.98 Å². The first-order valence-corrected chi connectivity index (χ1v) is 5.50. The number of unbranched alkanes of at least 4 members (excludes halogenated alkanes) is 1. The van der Waals surface area contributed by atoms with Crippen LogP contribution in [0.4, 0.5) is 5.69 Å². The Balaban J connectivity index is 2.62. The molecule has 0 bridgehead atoms. The summed E-state index contributed by atoms with van der Waals surface area (Å²) in [5.74, 6) is 0.